The second kappa shape index (κ2) is 5.53. The van der Waals surface area contributed by atoms with Gasteiger partial charge < -0.3 is 5.11 Å². The molecule has 2 heterocycles. The third kappa shape index (κ3) is 3.01. The van der Waals surface area contributed by atoms with Gasteiger partial charge in [0.2, 0.25) is 4.96 Å². The van der Waals surface area contributed by atoms with E-state index in [9.17, 15) is 9.59 Å². The largest absolute Gasteiger partial charge is 0.480 e. The van der Waals surface area contributed by atoms with Gasteiger partial charge in [-0.25, -0.2) is 4.98 Å². The van der Waals surface area contributed by atoms with Crippen molar-refractivity contribution in [1.82, 2.24) is 14.6 Å². The number of aliphatic carboxylic acids is 1. The summed E-state index contributed by atoms with van der Waals surface area (Å²) in [6.07, 6.45) is 0.754. The molecule has 20 heavy (non-hydrogen) atoms. The highest BCUT2D eigenvalue weighted by molar-refractivity contribution is 8.00. The Kier molecular flexibility index (Phi) is 4.14. The van der Waals surface area contributed by atoms with Crippen molar-refractivity contribution < 1.29 is 9.90 Å². The number of rotatable bonds is 5. The minimum atomic E-state index is -0.908. The molecule has 0 unspecified atom stereocenters. The number of carbonyl (C=O) groups is 1. The van der Waals surface area contributed by atoms with E-state index in [1.807, 2.05) is 6.92 Å². The molecule has 0 aliphatic heterocycles. The van der Waals surface area contributed by atoms with Crippen LogP contribution in [0, 0.1) is 0 Å². The molecule has 0 radical (unpaired) electrons. The number of hydrogen-bond acceptors (Lipinski definition) is 6. The Balaban J connectivity index is 2.28. The Labute approximate surface area is 123 Å². The summed E-state index contributed by atoms with van der Waals surface area (Å²) >= 11 is 2.62. The maximum absolute atomic E-state index is 11.9. The van der Waals surface area contributed by atoms with Crippen LogP contribution < -0.4 is 5.56 Å². The van der Waals surface area contributed by atoms with Crippen molar-refractivity contribution in [2.45, 2.75) is 37.7 Å². The average molecular weight is 313 g/mol. The molecule has 8 heteroatoms. The highest BCUT2D eigenvalue weighted by Gasteiger charge is 2.27. The van der Waals surface area contributed by atoms with E-state index < -0.39 is 10.7 Å². The van der Waals surface area contributed by atoms with Gasteiger partial charge in [0, 0.05) is 11.8 Å². The zero-order valence-electron chi connectivity index (χ0n) is 11.4. The molecular weight excluding hydrogens is 298 g/mol. The van der Waals surface area contributed by atoms with Crippen LogP contribution in [0.25, 0.3) is 4.96 Å². The van der Waals surface area contributed by atoms with E-state index in [1.54, 1.807) is 13.8 Å². The number of carboxylic acids is 1. The number of fused-ring (bicyclic) bond motifs is 1. The lowest BCUT2D eigenvalue weighted by atomic mass is 10.2. The van der Waals surface area contributed by atoms with Gasteiger partial charge in [-0.2, -0.15) is 9.61 Å². The van der Waals surface area contributed by atoms with Crippen LogP contribution in [0.1, 0.15) is 31.5 Å². The molecule has 0 aliphatic carbocycles. The quantitative estimate of drug-likeness (QED) is 0.906. The summed E-state index contributed by atoms with van der Waals surface area (Å²) in [7, 11) is 0. The van der Waals surface area contributed by atoms with Crippen molar-refractivity contribution in [2.75, 3.05) is 0 Å². The van der Waals surface area contributed by atoms with Crippen LogP contribution in [0.3, 0.4) is 0 Å². The minimum absolute atomic E-state index is 0.227. The molecule has 0 saturated carbocycles. The standard InChI is InChI=1S/C12H15N3O3S2/c1-4-8-14-15-9(16)5-7(13-11(15)20-8)6-19-12(2,3)10(17)18/h5H,4,6H2,1-3H3,(H,17,18). The van der Waals surface area contributed by atoms with Gasteiger partial charge in [0.1, 0.15) is 9.75 Å². The molecule has 0 spiro atoms. The first-order chi connectivity index (χ1) is 9.33. The van der Waals surface area contributed by atoms with Crippen LogP contribution >= 0.6 is 23.1 Å². The molecule has 0 atom stereocenters. The highest BCUT2D eigenvalue weighted by Crippen LogP contribution is 2.27. The lowest BCUT2D eigenvalue weighted by molar-refractivity contribution is -0.138. The van der Waals surface area contributed by atoms with Gasteiger partial charge in [0.25, 0.3) is 5.56 Å². The average Bonchev–Trinajstić information content (AvgIpc) is 2.80. The third-order valence-corrected chi connectivity index (χ3v) is 5.13. The van der Waals surface area contributed by atoms with E-state index >= 15 is 0 Å². The first kappa shape index (κ1) is 15.0. The Hall–Kier alpha value is -1.41. The molecule has 108 valence electrons. The van der Waals surface area contributed by atoms with Gasteiger partial charge in [0.15, 0.2) is 0 Å². The molecule has 1 N–H and O–H groups in total. The van der Waals surface area contributed by atoms with E-state index in [4.69, 9.17) is 5.11 Å². The number of aryl methyl sites for hydroxylation is 1. The Morgan fingerprint density at radius 3 is 2.85 bits per heavy atom. The van der Waals surface area contributed by atoms with Crippen LogP contribution in [-0.4, -0.2) is 30.4 Å². The van der Waals surface area contributed by atoms with Crippen LogP contribution in [0.15, 0.2) is 10.9 Å². The zero-order valence-corrected chi connectivity index (χ0v) is 13.0. The second-order valence-corrected chi connectivity index (χ2v) is 7.37. The molecule has 0 bridgehead atoms. The zero-order chi connectivity index (χ0) is 14.9. The number of carboxylic acid groups (broad SMARTS) is 1. The molecule has 2 rings (SSSR count). The first-order valence-electron chi connectivity index (χ1n) is 6.09. The van der Waals surface area contributed by atoms with Gasteiger partial charge in [-0.1, -0.05) is 18.3 Å². The van der Waals surface area contributed by atoms with Crippen LogP contribution in [0.2, 0.25) is 0 Å². The van der Waals surface area contributed by atoms with Crippen molar-refractivity contribution in [3.05, 3.63) is 27.1 Å². The SMILES string of the molecule is CCc1nn2c(=O)cc(CSC(C)(C)C(=O)O)nc2s1. The summed E-state index contributed by atoms with van der Waals surface area (Å²) in [4.78, 5) is 27.9. The third-order valence-electron chi connectivity index (χ3n) is 2.74. The maximum Gasteiger partial charge on any atom is 0.319 e. The van der Waals surface area contributed by atoms with E-state index in [1.165, 1.54) is 33.7 Å². The van der Waals surface area contributed by atoms with E-state index in [0.717, 1.165) is 11.4 Å². The van der Waals surface area contributed by atoms with Gasteiger partial charge >= 0.3 is 5.97 Å². The van der Waals surface area contributed by atoms with Gasteiger partial charge in [-0.3, -0.25) is 9.59 Å². The highest BCUT2D eigenvalue weighted by atomic mass is 32.2. The van der Waals surface area contributed by atoms with Gasteiger partial charge in [-0.05, 0) is 20.3 Å². The monoisotopic (exact) mass is 313 g/mol. The van der Waals surface area contributed by atoms with E-state index in [2.05, 4.69) is 10.1 Å². The van der Waals surface area contributed by atoms with Crippen LogP contribution in [-0.2, 0) is 17.0 Å². The fourth-order valence-corrected chi connectivity index (χ4v) is 3.07. The predicted octanol–water partition coefficient (Wildman–Crippen LogP) is 1.81. The van der Waals surface area contributed by atoms with Crippen LogP contribution in [0.4, 0.5) is 0 Å². The molecule has 2 aromatic heterocycles. The summed E-state index contributed by atoms with van der Waals surface area (Å²) in [5, 5.41) is 14.1. The van der Waals surface area contributed by atoms with Crippen LogP contribution in [0.5, 0.6) is 0 Å². The predicted molar refractivity (Wildman–Crippen MR) is 79.5 cm³/mol. The van der Waals surface area contributed by atoms with Crippen molar-refractivity contribution >= 4 is 34.0 Å². The molecule has 0 saturated heterocycles. The fraction of sp³-hybridized carbons (Fsp3) is 0.500. The smallest absolute Gasteiger partial charge is 0.319 e. The molecule has 0 aliphatic rings. The maximum atomic E-state index is 11.9. The lowest BCUT2D eigenvalue weighted by Gasteiger charge is -2.17. The van der Waals surface area contributed by atoms with Crippen molar-refractivity contribution in [1.29, 1.82) is 0 Å². The first-order valence-corrected chi connectivity index (χ1v) is 7.89. The van der Waals surface area contributed by atoms with Gasteiger partial charge in [-0.15, -0.1) is 11.8 Å². The summed E-state index contributed by atoms with van der Waals surface area (Å²) in [6, 6.07) is 1.41. The Morgan fingerprint density at radius 2 is 2.25 bits per heavy atom. The molecule has 6 nitrogen and oxygen atoms in total. The van der Waals surface area contributed by atoms with Crippen molar-refractivity contribution in [3.8, 4) is 0 Å². The van der Waals surface area contributed by atoms with Crippen molar-refractivity contribution in [2.24, 2.45) is 0 Å². The lowest BCUT2D eigenvalue weighted by Crippen LogP contribution is -2.27. The molecule has 0 fully saturated rings. The number of nitrogens with zero attached hydrogens (tertiary/aromatic N) is 3. The fourth-order valence-electron chi connectivity index (χ4n) is 1.43. The molecular formula is C12H15N3O3S2. The summed E-state index contributed by atoms with van der Waals surface area (Å²) in [6.45, 7) is 5.23. The summed E-state index contributed by atoms with van der Waals surface area (Å²) in [5.74, 6) is -0.504. The van der Waals surface area contributed by atoms with Gasteiger partial charge in [0.05, 0.1) is 5.69 Å². The Bertz CT molecular complexity index is 706. The van der Waals surface area contributed by atoms with Crippen molar-refractivity contribution in [3.63, 3.8) is 0 Å². The summed E-state index contributed by atoms with van der Waals surface area (Å²) in [5.41, 5.74) is 0.357. The number of thioether (sulfide) groups is 1. The number of hydrogen-bond donors (Lipinski definition) is 1. The van der Waals surface area contributed by atoms with E-state index in [0.29, 0.717) is 16.4 Å². The Morgan fingerprint density at radius 1 is 1.55 bits per heavy atom. The minimum Gasteiger partial charge on any atom is -0.480 e. The second-order valence-electron chi connectivity index (χ2n) is 4.73. The van der Waals surface area contributed by atoms with E-state index in [-0.39, 0.29) is 5.56 Å². The normalized spacial score (nSPS) is 11.9. The topological polar surface area (TPSA) is 84.6 Å². The molecule has 2 aromatic rings. The molecule has 0 aromatic carbocycles. The molecule has 0 amide bonds. The summed E-state index contributed by atoms with van der Waals surface area (Å²) < 4.78 is 0.384. The number of aromatic nitrogens is 3.